The molecule has 0 amide bonds. The largest absolute Gasteiger partial charge is 0.394 e. The molecule has 176 valence electrons. The average Bonchev–Trinajstić information content (AvgIpc) is 2.72. The van der Waals surface area contributed by atoms with Crippen LogP contribution in [0.3, 0.4) is 0 Å². The second-order valence-electron chi connectivity index (χ2n) is 8.13. The van der Waals surface area contributed by atoms with Gasteiger partial charge in [0, 0.05) is 6.61 Å². The molecule has 0 aromatic carbocycles. The maximum Gasteiger partial charge on any atom is 0.0781 e. The highest BCUT2D eigenvalue weighted by Crippen LogP contribution is 2.12. The smallest absolute Gasteiger partial charge is 0.0781 e. The van der Waals surface area contributed by atoms with Gasteiger partial charge in [-0.1, -0.05) is 77.6 Å². The Morgan fingerprint density at radius 1 is 0.552 bits per heavy atom. The number of aliphatic hydroxyl groups excluding tert-OH is 1. The molecule has 5 nitrogen and oxygen atoms in total. The standard InChI is InChI=1S/C24H50O5/c1-4-5-6-7-8-9-10-11-12-13-14-15-17-27-21-23(2)29-22-24(3)28-20-19-26-18-16-25/h23-25H,4-22H2,1-3H3. The van der Waals surface area contributed by atoms with Crippen LogP contribution in [0, 0.1) is 0 Å². The molecule has 0 aliphatic heterocycles. The van der Waals surface area contributed by atoms with Crippen molar-refractivity contribution in [2.75, 3.05) is 46.2 Å². The second kappa shape index (κ2) is 24.1. The number of rotatable bonds is 24. The molecule has 0 fully saturated rings. The monoisotopic (exact) mass is 418 g/mol. The molecule has 0 heterocycles. The Labute approximate surface area is 180 Å². The zero-order valence-electron chi connectivity index (χ0n) is 19.7. The average molecular weight is 419 g/mol. The summed E-state index contributed by atoms with van der Waals surface area (Å²) in [6.45, 7) is 9.78. The minimum absolute atomic E-state index is 0.0338. The molecule has 0 bridgehead atoms. The molecule has 5 heteroatoms. The highest BCUT2D eigenvalue weighted by atomic mass is 16.6. The Morgan fingerprint density at radius 2 is 1.10 bits per heavy atom. The molecule has 0 aliphatic rings. The summed E-state index contributed by atoms with van der Waals surface area (Å²) < 4.78 is 22.3. The molecule has 0 radical (unpaired) electrons. The fourth-order valence-corrected chi connectivity index (χ4v) is 3.17. The van der Waals surface area contributed by atoms with Gasteiger partial charge in [-0.05, 0) is 20.3 Å². The number of unbranched alkanes of at least 4 members (excludes halogenated alkanes) is 11. The Hall–Kier alpha value is -0.200. The first-order valence-electron chi connectivity index (χ1n) is 12.2. The highest BCUT2D eigenvalue weighted by molar-refractivity contribution is 4.53. The lowest BCUT2D eigenvalue weighted by atomic mass is 10.1. The van der Waals surface area contributed by atoms with Crippen LogP contribution in [-0.4, -0.2) is 63.6 Å². The van der Waals surface area contributed by atoms with Gasteiger partial charge in [-0.3, -0.25) is 0 Å². The number of hydrogen-bond donors (Lipinski definition) is 1. The molecule has 0 aromatic heterocycles. The van der Waals surface area contributed by atoms with Crippen molar-refractivity contribution in [3.8, 4) is 0 Å². The molecule has 1 N–H and O–H groups in total. The minimum Gasteiger partial charge on any atom is -0.394 e. The molecule has 0 rings (SSSR count). The van der Waals surface area contributed by atoms with Crippen molar-refractivity contribution in [2.24, 2.45) is 0 Å². The van der Waals surface area contributed by atoms with E-state index in [0.29, 0.717) is 33.0 Å². The maximum atomic E-state index is 8.62. The number of ether oxygens (including phenoxy) is 4. The molecule has 29 heavy (non-hydrogen) atoms. The molecule has 2 atom stereocenters. The lowest BCUT2D eigenvalue weighted by Crippen LogP contribution is -2.24. The first-order chi connectivity index (χ1) is 14.2. The number of aliphatic hydroxyl groups is 1. The van der Waals surface area contributed by atoms with Crippen LogP contribution in [0.5, 0.6) is 0 Å². The molecular weight excluding hydrogens is 368 g/mol. The van der Waals surface area contributed by atoms with Crippen LogP contribution in [0.15, 0.2) is 0 Å². The summed E-state index contributed by atoms with van der Waals surface area (Å²) >= 11 is 0. The van der Waals surface area contributed by atoms with Crippen LogP contribution in [0.25, 0.3) is 0 Å². The van der Waals surface area contributed by atoms with Crippen LogP contribution in [0.1, 0.15) is 97.8 Å². The Morgan fingerprint density at radius 3 is 1.69 bits per heavy atom. The Kier molecular flexibility index (Phi) is 23.9. The SMILES string of the molecule is CCCCCCCCCCCCCCOCC(C)OCC(C)OCCOCCO. The van der Waals surface area contributed by atoms with E-state index in [2.05, 4.69) is 6.92 Å². The van der Waals surface area contributed by atoms with Gasteiger partial charge in [0.15, 0.2) is 0 Å². The van der Waals surface area contributed by atoms with Crippen LogP contribution in [-0.2, 0) is 18.9 Å². The predicted molar refractivity (Wildman–Crippen MR) is 121 cm³/mol. The zero-order valence-corrected chi connectivity index (χ0v) is 19.7. The lowest BCUT2D eigenvalue weighted by Gasteiger charge is -2.18. The third-order valence-corrected chi connectivity index (χ3v) is 4.98. The maximum absolute atomic E-state index is 8.62. The van der Waals surface area contributed by atoms with E-state index in [1.165, 1.54) is 70.6 Å². The fraction of sp³-hybridized carbons (Fsp3) is 1.00. The predicted octanol–water partition coefficient (Wildman–Crippen LogP) is 5.52. The number of hydrogen-bond acceptors (Lipinski definition) is 5. The van der Waals surface area contributed by atoms with Gasteiger partial charge in [-0.25, -0.2) is 0 Å². The van der Waals surface area contributed by atoms with Gasteiger partial charge in [0.25, 0.3) is 0 Å². The van der Waals surface area contributed by atoms with E-state index in [4.69, 9.17) is 24.1 Å². The second-order valence-corrected chi connectivity index (χ2v) is 8.13. The van der Waals surface area contributed by atoms with E-state index < -0.39 is 0 Å². The first-order valence-corrected chi connectivity index (χ1v) is 12.2. The summed E-state index contributed by atoms with van der Waals surface area (Å²) in [6.07, 6.45) is 16.5. The van der Waals surface area contributed by atoms with Gasteiger partial charge in [0.2, 0.25) is 0 Å². The highest BCUT2D eigenvalue weighted by Gasteiger charge is 2.07. The zero-order chi connectivity index (χ0) is 21.4. The summed E-state index contributed by atoms with van der Waals surface area (Å²) in [5.74, 6) is 0. The van der Waals surface area contributed by atoms with Gasteiger partial charge in [-0.2, -0.15) is 0 Å². The third kappa shape index (κ3) is 23.9. The molecule has 2 unspecified atom stereocenters. The van der Waals surface area contributed by atoms with Gasteiger partial charge in [-0.15, -0.1) is 0 Å². The van der Waals surface area contributed by atoms with E-state index in [1.807, 2.05) is 13.8 Å². The van der Waals surface area contributed by atoms with E-state index in [0.717, 1.165) is 13.0 Å². The van der Waals surface area contributed by atoms with Crippen molar-refractivity contribution in [3.05, 3.63) is 0 Å². The van der Waals surface area contributed by atoms with Crippen molar-refractivity contribution in [1.29, 1.82) is 0 Å². The van der Waals surface area contributed by atoms with Crippen molar-refractivity contribution in [1.82, 2.24) is 0 Å². The summed E-state index contributed by atoms with van der Waals surface area (Å²) in [5, 5.41) is 8.62. The molecule has 0 aliphatic carbocycles. The quantitative estimate of drug-likeness (QED) is 0.209. The van der Waals surface area contributed by atoms with Crippen LogP contribution in [0.2, 0.25) is 0 Å². The molecule has 0 saturated carbocycles. The first kappa shape index (κ1) is 28.8. The van der Waals surface area contributed by atoms with E-state index in [1.54, 1.807) is 0 Å². The molecule has 0 saturated heterocycles. The summed E-state index contributed by atoms with van der Waals surface area (Å²) in [5.41, 5.74) is 0. The van der Waals surface area contributed by atoms with Crippen molar-refractivity contribution in [2.45, 2.75) is 110 Å². The third-order valence-electron chi connectivity index (χ3n) is 4.98. The lowest BCUT2D eigenvalue weighted by molar-refractivity contribution is -0.0671. The summed E-state index contributed by atoms with van der Waals surface area (Å²) in [6, 6.07) is 0. The Balaban J connectivity index is 3.24. The van der Waals surface area contributed by atoms with E-state index in [-0.39, 0.29) is 18.8 Å². The van der Waals surface area contributed by atoms with Crippen molar-refractivity contribution >= 4 is 0 Å². The van der Waals surface area contributed by atoms with Crippen LogP contribution in [0.4, 0.5) is 0 Å². The minimum atomic E-state index is 0.0338. The summed E-state index contributed by atoms with van der Waals surface area (Å²) in [4.78, 5) is 0. The fourth-order valence-electron chi connectivity index (χ4n) is 3.17. The van der Waals surface area contributed by atoms with Gasteiger partial charge >= 0.3 is 0 Å². The van der Waals surface area contributed by atoms with Crippen molar-refractivity contribution in [3.63, 3.8) is 0 Å². The van der Waals surface area contributed by atoms with Gasteiger partial charge in [0.1, 0.15) is 0 Å². The Bertz CT molecular complexity index is 301. The topological polar surface area (TPSA) is 57.2 Å². The van der Waals surface area contributed by atoms with Crippen LogP contribution < -0.4 is 0 Å². The van der Waals surface area contributed by atoms with E-state index >= 15 is 0 Å². The van der Waals surface area contributed by atoms with Crippen LogP contribution >= 0.6 is 0 Å². The van der Waals surface area contributed by atoms with E-state index in [9.17, 15) is 0 Å². The van der Waals surface area contributed by atoms with Gasteiger partial charge in [0.05, 0.1) is 51.8 Å². The summed E-state index contributed by atoms with van der Waals surface area (Å²) in [7, 11) is 0. The molecule has 0 spiro atoms. The molecular formula is C24H50O5. The normalized spacial score (nSPS) is 13.7. The van der Waals surface area contributed by atoms with Crippen molar-refractivity contribution < 1.29 is 24.1 Å². The van der Waals surface area contributed by atoms with Gasteiger partial charge < -0.3 is 24.1 Å². The molecule has 0 aromatic rings.